The van der Waals surface area contributed by atoms with E-state index in [9.17, 15) is 8.42 Å². The number of rotatable bonds is 4. The molecule has 1 atom stereocenters. The van der Waals surface area contributed by atoms with E-state index in [0.29, 0.717) is 0 Å². The summed E-state index contributed by atoms with van der Waals surface area (Å²) >= 11 is 1.44. The van der Waals surface area contributed by atoms with Crippen LogP contribution in [0.1, 0.15) is 24.9 Å². The number of hydrogen-bond acceptors (Lipinski definition) is 4. The van der Waals surface area contributed by atoms with Crippen LogP contribution in [0.5, 0.6) is 0 Å². The van der Waals surface area contributed by atoms with Gasteiger partial charge in [0.2, 0.25) is 10.0 Å². The molecule has 13 heavy (non-hydrogen) atoms. The van der Waals surface area contributed by atoms with Crippen LogP contribution < -0.4 is 4.72 Å². The Kier molecular flexibility index (Phi) is 3.40. The highest BCUT2D eigenvalue weighted by Crippen LogP contribution is 2.15. The maximum atomic E-state index is 11.2. The summed E-state index contributed by atoms with van der Waals surface area (Å²) in [5.74, 6) is 0.0999. The summed E-state index contributed by atoms with van der Waals surface area (Å²) in [6.07, 6.45) is 1.66. The first-order valence-electron chi connectivity index (χ1n) is 3.94. The third-order valence-corrected chi connectivity index (χ3v) is 3.99. The fourth-order valence-corrected chi connectivity index (χ4v) is 2.39. The highest BCUT2D eigenvalue weighted by Gasteiger charge is 2.14. The summed E-state index contributed by atoms with van der Waals surface area (Å²) in [4.78, 5) is 4.03. The van der Waals surface area contributed by atoms with Crippen molar-refractivity contribution >= 4 is 21.4 Å². The van der Waals surface area contributed by atoms with Gasteiger partial charge in [0.25, 0.3) is 0 Å². The number of sulfonamides is 1. The van der Waals surface area contributed by atoms with Gasteiger partial charge >= 0.3 is 0 Å². The van der Waals surface area contributed by atoms with Crippen LogP contribution in [0.2, 0.25) is 0 Å². The summed E-state index contributed by atoms with van der Waals surface area (Å²) in [6.45, 7) is 3.39. The molecule has 0 saturated carbocycles. The Morgan fingerprint density at radius 2 is 2.38 bits per heavy atom. The molecule has 0 spiro atoms. The molecule has 0 aliphatic rings. The summed E-state index contributed by atoms with van der Waals surface area (Å²) in [6, 6.07) is -0.232. The quantitative estimate of drug-likeness (QED) is 0.828. The maximum Gasteiger partial charge on any atom is 0.211 e. The monoisotopic (exact) mass is 220 g/mol. The molecular weight excluding hydrogens is 208 g/mol. The van der Waals surface area contributed by atoms with E-state index in [1.165, 1.54) is 11.3 Å². The number of aromatic nitrogens is 1. The van der Waals surface area contributed by atoms with Crippen LogP contribution >= 0.6 is 11.3 Å². The molecule has 1 aromatic rings. The van der Waals surface area contributed by atoms with Crippen molar-refractivity contribution in [2.24, 2.45) is 0 Å². The lowest BCUT2D eigenvalue weighted by Crippen LogP contribution is -2.28. The highest BCUT2D eigenvalue weighted by atomic mass is 32.2. The molecule has 0 fully saturated rings. The standard InChI is InChI=1S/C7H12N2O2S2/c1-3-13(10,11)9-6(2)7-8-4-5-12-7/h4-6,9H,3H2,1-2H3. The second-order valence-electron chi connectivity index (χ2n) is 2.61. The molecule has 0 aliphatic carbocycles. The lowest BCUT2D eigenvalue weighted by atomic mass is 10.4. The summed E-state index contributed by atoms with van der Waals surface area (Å²) in [7, 11) is -3.13. The minimum Gasteiger partial charge on any atom is -0.248 e. The predicted molar refractivity (Wildman–Crippen MR) is 53.1 cm³/mol. The van der Waals surface area contributed by atoms with Gasteiger partial charge in [0.05, 0.1) is 11.8 Å². The Morgan fingerprint density at radius 3 is 2.85 bits per heavy atom. The first-order valence-corrected chi connectivity index (χ1v) is 6.47. The van der Waals surface area contributed by atoms with E-state index in [0.717, 1.165) is 5.01 Å². The first kappa shape index (κ1) is 10.6. The van der Waals surface area contributed by atoms with Gasteiger partial charge < -0.3 is 0 Å². The topological polar surface area (TPSA) is 59.1 Å². The van der Waals surface area contributed by atoms with Crippen LogP contribution in [0, 0.1) is 0 Å². The van der Waals surface area contributed by atoms with Crippen LogP contribution in [0.15, 0.2) is 11.6 Å². The van der Waals surface area contributed by atoms with E-state index < -0.39 is 10.0 Å². The van der Waals surface area contributed by atoms with Gasteiger partial charge in [-0.2, -0.15) is 0 Å². The van der Waals surface area contributed by atoms with Gasteiger partial charge in [-0.25, -0.2) is 18.1 Å². The second kappa shape index (κ2) is 4.17. The number of thiazole rings is 1. The zero-order valence-corrected chi connectivity index (χ0v) is 9.15. The van der Waals surface area contributed by atoms with Crippen LogP contribution in [-0.4, -0.2) is 19.2 Å². The van der Waals surface area contributed by atoms with Crippen molar-refractivity contribution in [2.75, 3.05) is 5.75 Å². The molecule has 6 heteroatoms. The molecule has 74 valence electrons. The molecule has 0 aromatic carbocycles. The van der Waals surface area contributed by atoms with E-state index in [1.807, 2.05) is 5.38 Å². The molecule has 1 unspecified atom stereocenters. The SMILES string of the molecule is CCS(=O)(=O)NC(C)c1nccs1. The molecule has 1 aromatic heterocycles. The highest BCUT2D eigenvalue weighted by molar-refractivity contribution is 7.89. The van der Waals surface area contributed by atoms with Crippen molar-refractivity contribution in [2.45, 2.75) is 19.9 Å². The lowest BCUT2D eigenvalue weighted by Gasteiger charge is -2.09. The normalized spacial score (nSPS) is 14.3. The molecule has 1 heterocycles. The number of hydrogen-bond donors (Lipinski definition) is 1. The maximum absolute atomic E-state index is 11.2. The van der Waals surface area contributed by atoms with Crippen molar-refractivity contribution in [3.8, 4) is 0 Å². The largest absolute Gasteiger partial charge is 0.248 e. The Balaban J connectivity index is 2.67. The van der Waals surface area contributed by atoms with Gasteiger partial charge in [-0.05, 0) is 13.8 Å². The molecule has 0 saturated heterocycles. The summed E-state index contributed by atoms with van der Waals surface area (Å²) in [5.41, 5.74) is 0. The average molecular weight is 220 g/mol. The molecule has 0 aliphatic heterocycles. The van der Waals surface area contributed by atoms with Crippen molar-refractivity contribution in [3.63, 3.8) is 0 Å². The Hall–Kier alpha value is -0.460. The minimum absolute atomic E-state index is 0.0999. The van der Waals surface area contributed by atoms with E-state index in [-0.39, 0.29) is 11.8 Å². The van der Waals surface area contributed by atoms with Crippen LogP contribution in [0.4, 0.5) is 0 Å². The van der Waals surface area contributed by atoms with Crippen molar-refractivity contribution < 1.29 is 8.42 Å². The smallest absolute Gasteiger partial charge is 0.211 e. The van der Waals surface area contributed by atoms with Gasteiger partial charge in [0, 0.05) is 11.6 Å². The number of nitrogens with zero attached hydrogens (tertiary/aromatic N) is 1. The summed E-state index contributed by atoms with van der Waals surface area (Å²) < 4.78 is 24.9. The zero-order chi connectivity index (χ0) is 9.90. The average Bonchev–Trinajstić information content (AvgIpc) is 2.55. The summed E-state index contributed by atoms with van der Waals surface area (Å²) in [5, 5.41) is 2.61. The lowest BCUT2D eigenvalue weighted by molar-refractivity contribution is 0.567. The Morgan fingerprint density at radius 1 is 1.69 bits per heavy atom. The van der Waals surface area contributed by atoms with Crippen molar-refractivity contribution in [1.82, 2.24) is 9.71 Å². The van der Waals surface area contributed by atoms with Crippen LogP contribution in [0.3, 0.4) is 0 Å². The molecule has 1 N–H and O–H groups in total. The molecule has 1 rings (SSSR count). The molecule has 4 nitrogen and oxygen atoms in total. The van der Waals surface area contributed by atoms with E-state index in [2.05, 4.69) is 9.71 Å². The van der Waals surface area contributed by atoms with Crippen LogP contribution in [-0.2, 0) is 10.0 Å². The third kappa shape index (κ3) is 3.06. The van der Waals surface area contributed by atoms with Crippen molar-refractivity contribution in [3.05, 3.63) is 16.6 Å². The first-order chi connectivity index (χ1) is 6.05. The Labute approximate surface area is 82.1 Å². The van der Waals surface area contributed by atoms with E-state index in [4.69, 9.17) is 0 Å². The Bertz CT molecular complexity index is 345. The molecular formula is C7H12N2O2S2. The molecule has 0 bridgehead atoms. The van der Waals surface area contributed by atoms with E-state index >= 15 is 0 Å². The third-order valence-electron chi connectivity index (χ3n) is 1.56. The fourth-order valence-electron chi connectivity index (χ4n) is 0.851. The van der Waals surface area contributed by atoms with E-state index in [1.54, 1.807) is 20.0 Å². The van der Waals surface area contributed by atoms with Crippen LogP contribution in [0.25, 0.3) is 0 Å². The molecule has 0 radical (unpaired) electrons. The second-order valence-corrected chi connectivity index (χ2v) is 5.58. The van der Waals surface area contributed by atoms with Gasteiger partial charge in [-0.1, -0.05) is 0 Å². The van der Waals surface area contributed by atoms with Gasteiger partial charge in [-0.3, -0.25) is 0 Å². The minimum atomic E-state index is -3.13. The van der Waals surface area contributed by atoms with Crippen molar-refractivity contribution in [1.29, 1.82) is 0 Å². The van der Waals surface area contributed by atoms with Gasteiger partial charge in [-0.15, -0.1) is 11.3 Å². The predicted octanol–water partition coefficient (Wildman–Crippen LogP) is 1.14. The van der Waals surface area contributed by atoms with Gasteiger partial charge in [0.15, 0.2) is 0 Å². The fraction of sp³-hybridized carbons (Fsp3) is 0.571. The van der Waals surface area contributed by atoms with Gasteiger partial charge in [0.1, 0.15) is 5.01 Å². The zero-order valence-electron chi connectivity index (χ0n) is 7.52. The number of nitrogens with one attached hydrogen (secondary N) is 1. The molecule has 0 amide bonds.